The van der Waals surface area contributed by atoms with E-state index < -0.39 is 0 Å². The van der Waals surface area contributed by atoms with Gasteiger partial charge in [-0.3, -0.25) is 4.90 Å². The van der Waals surface area contributed by atoms with Gasteiger partial charge in [0.05, 0.1) is 6.10 Å². The van der Waals surface area contributed by atoms with Gasteiger partial charge in [-0.2, -0.15) is 0 Å². The quantitative estimate of drug-likeness (QED) is 0.696. The maximum absolute atomic E-state index is 9.90. The Morgan fingerprint density at radius 3 is 2.37 bits per heavy atom. The molecule has 2 rings (SSSR count). The zero-order valence-corrected chi connectivity index (χ0v) is 13.0. The van der Waals surface area contributed by atoms with Crippen LogP contribution in [0.1, 0.15) is 59.3 Å². The Morgan fingerprint density at radius 1 is 1.21 bits per heavy atom. The van der Waals surface area contributed by atoms with E-state index >= 15 is 0 Å². The van der Waals surface area contributed by atoms with Crippen LogP contribution in [0.3, 0.4) is 0 Å². The lowest BCUT2D eigenvalue weighted by Gasteiger charge is -2.43. The fraction of sp³-hybridized carbons (Fsp3) is 1.00. The predicted molar refractivity (Wildman–Crippen MR) is 80.3 cm³/mol. The average molecular weight is 268 g/mol. The Kier molecular flexibility index (Phi) is 5.27. The Labute approximate surface area is 118 Å². The molecule has 0 aromatic rings. The number of aliphatic hydroxyl groups excluding tert-OH is 1. The molecule has 3 nitrogen and oxygen atoms in total. The first-order valence-corrected chi connectivity index (χ1v) is 8.22. The fourth-order valence-corrected chi connectivity index (χ4v) is 3.80. The molecule has 2 aliphatic rings. The number of aliphatic hydroxyl groups is 1. The summed E-state index contributed by atoms with van der Waals surface area (Å²) in [5, 5.41) is 13.5. The Hall–Kier alpha value is -0.120. The molecule has 0 aromatic heterocycles. The zero-order chi connectivity index (χ0) is 13.9. The summed E-state index contributed by atoms with van der Waals surface area (Å²) in [7, 11) is 0. The zero-order valence-electron chi connectivity index (χ0n) is 13.0. The second-order valence-electron chi connectivity index (χ2n) is 7.02. The van der Waals surface area contributed by atoms with Crippen LogP contribution in [0.5, 0.6) is 0 Å². The van der Waals surface area contributed by atoms with Crippen molar-refractivity contribution < 1.29 is 5.11 Å². The van der Waals surface area contributed by atoms with Crippen LogP contribution in [0.15, 0.2) is 0 Å². The van der Waals surface area contributed by atoms with Gasteiger partial charge in [-0.25, -0.2) is 0 Å². The van der Waals surface area contributed by atoms with E-state index in [0.717, 1.165) is 25.9 Å². The first kappa shape index (κ1) is 15.3. The van der Waals surface area contributed by atoms with Crippen molar-refractivity contribution in [2.75, 3.05) is 19.6 Å². The molecule has 3 unspecified atom stereocenters. The summed E-state index contributed by atoms with van der Waals surface area (Å²) in [6.45, 7) is 10.4. The van der Waals surface area contributed by atoms with Gasteiger partial charge in [0, 0.05) is 25.2 Å². The molecule has 2 fully saturated rings. The summed E-state index contributed by atoms with van der Waals surface area (Å²) in [5.41, 5.74) is 0.373. The molecule has 0 aromatic carbocycles. The van der Waals surface area contributed by atoms with Crippen LogP contribution in [-0.2, 0) is 0 Å². The van der Waals surface area contributed by atoms with Crippen molar-refractivity contribution in [1.82, 2.24) is 10.2 Å². The van der Waals surface area contributed by atoms with Gasteiger partial charge in [0.2, 0.25) is 0 Å². The van der Waals surface area contributed by atoms with Gasteiger partial charge in [0.1, 0.15) is 0 Å². The van der Waals surface area contributed by atoms with Crippen molar-refractivity contribution in [1.29, 1.82) is 0 Å². The number of piperidine rings is 1. The van der Waals surface area contributed by atoms with Gasteiger partial charge in [-0.05, 0) is 50.5 Å². The van der Waals surface area contributed by atoms with Crippen LogP contribution < -0.4 is 5.32 Å². The molecule has 3 atom stereocenters. The summed E-state index contributed by atoms with van der Waals surface area (Å²) >= 11 is 0. The molecule has 0 saturated carbocycles. The van der Waals surface area contributed by atoms with Crippen molar-refractivity contribution in [3.63, 3.8) is 0 Å². The van der Waals surface area contributed by atoms with E-state index in [1.165, 1.54) is 32.2 Å². The fourth-order valence-electron chi connectivity index (χ4n) is 3.80. The van der Waals surface area contributed by atoms with Crippen molar-refractivity contribution in [3.05, 3.63) is 0 Å². The monoisotopic (exact) mass is 268 g/mol. The largest absolute Gasteiger partial charge is 0.393 e. The molecule has 2 bridgehead atoms. The third kappa shape index (κ3) is 3.71. The van der Waals surface area contributed by atoms with Gasteiger partial charge < -0.3 is 10.4 Å². The number of rotatable bonds is 7. The lowest BCUT2D eigenvalue weighted by Crippen LogP contribution is -2.51. The number of nitrogens with one attached hydrogen (secondary N) is 1. The highest BCUT2D eigenvalue weighted by atomic mass is 16.3. The van der Waals surface area contributed by atoms with E-state index in [2.05, 4.69) is 31.0 Å². The summed E-state index contributed by atoms with van der Waals surface area (Å²) < 4.78 is 0. The molecule has 19 heavy (non-hydrogen) atoms. The summed E-state index contributed by atoms with van der Waals surface area (Å²) in [6.07, 6.45) is 6.98. The van der Waals surface area contributed by atoms with Crippen molar-refractivity contribution >= 4 is 0 Å². The highest BCUT2D eigenvalue weighted by Crippen LogP contribution is 2.38. The number of nitrogens with zero attached hydrogens (tertiary/aromatic N) is 1. The molecule has 0 amide bonds. The molecule has 2 aliphatic heterocycles. The Bertz CT molecular complexity index is 270. The summed E-state index contributed by atoms with van der Waals surface area (Å²) in [6, 6.07) is 1.29. The smallest absolute Gasteiger partial charge is 0.0570 e. The second kappa shape index (κ2) is 6.55. The molecule has 3 heteroatoms. The molecule has 2 heterocycles. The Balaban J connectivity index is 1.91. The minimum atomic E-state index is -0.0418. The summed E-state index contributed by atoms with van der Waals surface area (Å²) in [5.74, 6) is 0. The SMILES string of the molecule is CCCNCC(C)(CC)CN1C2CCC1CC(O)C2. The van der Waals surface area contributed by atoms with Crippen molar-refractivity contribution in [2.45, 2.75) is 77.5 Å². The van der Waals surface area contributed by atoms with Crippen molar-refractivity contribution in [3.8, 4) is 0 Å². The molecular formula is C16H32N2O. The van der Waals surface area contributed by atoms with Gasteiger partial charge in [-0.15, -0.1) is 0 Å². The molecule has 0 aliphatic carbocycles. The van der Waals surface area contributed by atoms with Crippen LogP contribution in [0.2, 0.25) is 0 Å². The Morgan fingerprint density at radius 2 is 1.84 bits per heavy atom. The van der Waals surface area contributed by atoms with Gasteiger partial charge >= 0.3 is 0 Å². The normalized spacial score (nSPS) is 34.4. The van der Waals surface area contributed by atoms with Gasteiger partial charge in [0.15, 0.2) is 0 Å². The first-order chi connectivity index (χ1) is 9.08. The minimum Gasteiger partial charge on any atom is -0.393 e. The number of hydrogen-bond donors (Lipinski definition) is 2. The lowest BCUT2D eigenvalue weighted by atomic mass is 9.85. The molecule has 112 valence electrons. The molecule has 0 radical (unpaired) electrons. The third-order valence-corrected chi connectivity index (χ3v) is 5.26. The van der Waals surface area contributed by atoms with Crippen LogP contribution in [-0.4, -0.2) is 47.8 Å². The average Bonchev–Trinajstić information content (AvgIpc) is 2.62. The van der Waals surface area contributed by atoms with E-state index in [1.807, 2.05) is 0 Å². The van der Waals surface area contributed by atoms with Crippen LogP contribution in [0.4, 0.5) is 0 Å². The van der Waals surface area contributed by atoms with Gasteiger partial charge in [0.25, 0.3) is 0 Å². The molecular weight excluding hydrogens is 236 g/mol. The number of hydrogen-bond acceptors (Lipinski definition) is 3. The van der Waals surface area contributed by atoms with Gasteiger partial charge in [-0.1, -0.05) is 20.8 Å². The van der Waals surface area contributed by atoms with E-state index in [0.29, 0.717) is 17.5 Å². The number of fused-ring (bicyclic) bond motifs is 2. The maximum Gasteiger partial charge on any atom is 0.0570 e. The van der Waals surface area contributed by atoms with Crippen LogP contribution >= 0.6 is 0 Å². The maximum atomic E-state index is 9.90. The highest BCUT2D eigenvalue weighted by Gasteiger charge is 2.42. The van der Waals surface area contributed by atoms with E-state index in [1.54, 1.807) is 0 Å². The second-order valence-corrected chi connectivity index (χ2v) is 7.02. The topological polar surface area (TPSA) is 35.5 Å². The third-order valence-electron chi connectivity index (χ3n) is 5.26. The standard InChI is InChI=1S/C16H32N2O/c1-4-8-17-11-16(3,5-2)12-18-13-6-7-14(18)10-15(19)9-13/h13-15,17,19H,4-12H2,1-3H3. The summed E-state index contributed by atoms with van der Waals surface area (Å²) in [4.78, 5) is 2.71. The van der Waals surface area contributed by atoms with E-state index in [9.17, 15) is 5.11 Å². The highest BCUT2D eigenvalue weighted by molar-refractivity contribution is 4.97. The predicted octanol–water partition coefficient (Wildman–Crippen LogP) is 2.39. The molecule has 2 N–H and O–H groups in total. The van der Waals surface area contributed by atoms with E-state index in [-0.39, 0.29) is 6.10 Å². The van der Waals surface area contributed by atoms with Crippen LogP contribution in [0.25, 0.3) is 0 Å². The molecule has 2 saturated heterocycles. The van der Waals surface area contributed by atoms with Crippen LogP contribution in [0, 0.1) is 5.41 Å². The molecule has 0 spiro atoms. The lowest BCUT2D eigenvalue weighted by molar-refractivity contribution is 0.0119. The minimum absolute atomic E-state index is 0.0418. The first-order valence-electron chi connectivity index (χ1n) is 8.22. The van der Waals surface area contributed by atoms with E-state index in [4.69, 9.17) is 0 Å². The van der Waals surface area contributed by atoms with Crippen molar-refractivity contribution in [2.24, 2.45) is 5.41 Å².